The molecule has 2 rings (SSSR count). The normalized spacial score (nSPS) is 26.2. The van der Waals surface area contributed by atoms with Crippen LogP contribution in [0.25, 0.3) is 0 Å². The number of rotatable bonds is 4. The molecule has 23 heavy (non-hydrogen) atoms. The van der Waals surface area contributed by atoms with E-state index in [1.807, 2.05) is 28.8 Å². The molecule has 5 nitrogen and oxygen atoms in total. The molecule has 0 aromatic heterocycles. The van der Waals surface area contributed by atoms with Crippen molar-refractivity contribution in [2.24, 2.45) is 17.3 Å². The molecule has 0 spiro atoms. The highest BCUT2D eigenvalue weighted by Gasteiger charge is 2.61. The maximum Gasteiger partial charge on any atom is 0.236 e. The average molecular weight is 321 g/mol. The van der Waals surface area contributed by atoms with E-state index in [2.05, 4.69) is 33.8 Å². The first kappa shape index (κ1) is 18.0. The molecule has 2 fully saturated rings. The summed E-state index contributed by atoms with van der Waals surface area (Å²) in [6.45, 7) is 11.6. The topological polar surface area (TPSA) is 43.9 Å². The molecule has 2 amide bonds. The van der Waals surface area contributed by atoms with Gasteiger partial charge in [0.25, 0.3) is 0 Å². The van der Waals surface area contributed by atoms with Crippen LogP contribution in [0.15, 0.2) is 11.6 Å². The van der Waals surface area contributed by atoms with Crippen LogP contribution in [0.2, 0.25) is 0 Å². The lowest BCUT2D eigenvalue weighted by atomic mass is 10.1. The summed E-state index contributed by atoms with van der Waals surface area (Å²) in [5, 5.41) is 0. The van der Waals surface area contributed by atoms with Gasteiger partial charge in [0.15, 0.2) is 0 Å². The predicted octanol–water partition coefficient (Wildman–Crippen LogP) is 1.46. The second kappa shape index (κ2) is 6.63. The van der Waals surface area contributed by atoms with Gasteiger partial charge in [-0.05, 0) is 39.3 Å². The van der Waals surface area contributed by atoms with Crippen molar-refractivity contribution in [2.45, 2.75) is 27.7 Å². The number of carbonyl (C=O) groups excluding carboxylic acids is 2. The fourth-order valence-electron chi connectivity index (χ4n) is 3.56. The predicted molar refractivity (Wildman–Crippen MR) is 91.9 cm³/mol. The lowest BCUT2D eigenvalue weighted by Gasteiger charge is -2.35. The van der Waals surface area contributed by atoms with Gasteiger partial charge in [0.05, 0.1) is 12.5 Å². The first-order valence-corrected chi connectivity index (χ1v) is 8.51. The zero-order valence-corrected chi connectivity index (χ0v) is 15.4. The Labute approximate surface area is 140 Å². The Morgan fingerprint density at radius 3 is 2.09 bits per heavy atom. The molecule has 2 aliphatic rings. The second-order valence-electron chi connectivity index (χ2n) is 8.01. The molecule has 2 unspecified atom stereocenters. The summed E-state index contributed by atoms with van der Waals surface area (Å²) in [6, 6.07) is 0. The van der Waals surface area contributed by atoms with E-state index in [9.17, 15) is 9.59 Å². The van der Waals surface area contributed by atoms with Crippen LogP contribution in [-0.2, 0) is 9.59 Å². The van der Waals surface area contributed by atoms with E-state index < -0.39 is 0 Å². The van der Waals surface area contributed by atoms with Crippen molar-refractivity contribution in [1.29, 1.82) is 0 Å². The maximum atomic E-state index is 12.8. The highest BCUT2D eigenvalue weighted by Crippen LogP contribution is 2.60. The molecule has 0 N–H and O–H groups in total. The van der Waals surface area contributed by atoms with E-state index in [0.717, 1.165) is 0 Å². The van der Waals surface area contributed by atoms with E-state index >= 15 is 0 Å². The monoisotopic (exact) mass is 321 g/mol. The summed E-state index contributed by atoms with van der Waals surface area (Å²) in [5.74, 6) is 0.864. The van der Waals surface area contributed by atoms with Gasteiger partial charge >= 0.3 is 0 Å². The van der Waals surface area contributed by atoms with Gasteiger partial charge in [-0.2, -0.15) is 0 Å². The lowest BCUT2D eigenvalue weighted by Crippen LogP contribution is -2.52. The smallest absolute Gasteiger partial charge is 0.236 e. The standard InChI is InChI=1S/C18H31N3O2/c1-13(2)11-14-16(18(14,3)4)17(23)21-9-7-20(8-10-21)15(22)12-19(5)6/h11,14,16H,7-10,12H2,1-6H3. The van der Waals surface area contributed by atoms with Gasteiger partial charge in [0.2, 0.25) is 11.8 Å². The van der Waals surface area contributed by atoms with Gasteiger partial charge < -0.3 is 14.7 Å². The van der Waals surface area contributed by atoms with E-state index in [-0.39, 0.29) is 23.1 Å². The van der Waals surface area contributed by atoms with Crippen LogP contribution < -0.4 is 0 Å². The Hall–Kier alpha value is -1.36. The van der Waals surface area contributed by atoms with E-state index in [1.54, 1.807) is 0 Å². The van der Waals surface area contributed by atoms with Crippen molar-refractivity contribution < 1.29 is 9.59 Å². The third-order valence-electron chi connectivity index (χ3n) is 5.09. The summed E-state index contributed by atoms with van der Waals surface area (Å²) in [6.07, 6.45) is 2.24. The van der Waals surface area contributed by atoms with Gasteiger partial charge in [-0.25, -0.2) is 0 Å². The molecule has 2 atom stereocenters. The quantitative estimate of drug-likeness (QED) is 0.736. The van der Waals surface area contributed by atoms with Crippen LogP contribution in [0.1, 0.15) is 27.7 Å². The van der Waals surface area contributed by atoms with Crippen molar-refractivity contribution in [3.8, 4) is 0 Å². The van der Waals surface area contributed by atoms with Crippen LogP contribution in [0, 0.1) is 17.3 Å². The SMILES string of the molecule is CC(C)=CC1C(C(=O)N2CCN(C(=O)CN(C)C)CC2)C1(C)C. The highest BCUT2D eigenvalue weighted by molar-refractivity contribution is 5.84. The van der Waals surface area contributed by atoms with Crippen molar-refractivity contribution in [2.75, 3.05) is 46.8 Å². The first-order chi connectivity index (χ1) is 10.6. The third kappa shape index (κ3) is 3.94. The molecule has 1 aliphatic carbocycles. The number of nitrogens with zero attached hydrogens (tertiary/aromatic N) is 3. The Bertz CT molecular complexity index is 498. The minimum atomic E-state index is 0.0617. The molecule has 1 heterocycles. The third-order valence-corrected chi connectivity index (χ3v) is 5.09. The molecular weight excluding hydrogens is 290 g/mol. The number of likely N-dealkylation sites (N-methyl/N-ethyl adjacent to an activating group) is 1. The Balaban J connectivity index is 1.90. The van der Waals surface area contributed by atoms with Gasteiger partial charge in [-0.15, -0.1) is 0 Å². The first-order valence-electron chi connectivity index (χ1n) is 8.51. The minimum absolute atomic E-state index is 0.0617. The number of hydrogen-bond acceptors (Lipinski definition) is 3. The van der Waals surface area contributed by atoms with Crippen LogP contribution in [0.5, 0.6) is 0 Å². The number of hydrogen-bond donors (Lipinski definition) is 0. The minimum Gasteiger partial charge on any atom is -0.339 e. The molecule has 5 heteroatoms. The molecule has 0 bridgehead atoms. The Morgan fingerprint density at radius 1 is 1.09 bits per heavy atom. The molecule has 0 aromatic rings. The fourth-order valence-corrected chi connectivity index (χ4v) is 3.56. The van der Waals surface area contributed by atoms with Crippen molar-refractivity contribution in [3.63, 3.8) is 0 Å². The van der Waals surface area contributed by atoms with Crippen molar-refractivity contribution in [1.82, 2.24) is 14.7 Å². The van der Waals surface area contributed by atoms with Crippen LogP contribution in [0.3, 0.4) is 0 Å². The average Bonchev–Trinajstić information content (AvgIpc) is 2.97. The largest absolute Gasteiger partial charge is 0.339 e. The number of amides is 2. The van der Waals surface area contributed by atoms with Gasteiger partial charge in [0.1, 0.15) is 0 Å². The van der Waals surface area contributed by atoms with Gasteiger partial charge in [0, 0.05) is 26.2 Å². The maximum absolute atomic E-state index is 12.8. The van der Waals surface area contributed by atoms with Gasteiger partial charge in [-0.3, -0.25) is 9.59 Å². The summed E-state index contributed by atoms with van der Waals surface area (Å²) in [5.41, 5.74) is 1.34. The molecular formula is C18H31N3O2. The summed E-state index contributed by atoms with van der Waals surface area (Å²) < 4.78 is 0. The highest BCUT2D eigenvalue weighted by atomic mass is 16.2. The van der Waals surface area contributed by atoms with Crippen LogP contribution in [-0.4, -0.2) is 73.3 Å². The Kier molecular flexibility index (Phi) is 5.19. The van der Waals surface area contributed by atoms with E-state index in [4.69, 9.17) is 0 Å². The summed E-state index contributed by atoms with van der Waals surface area (Å²) in [4.78, 5) is 30.6. The molecule has 1 saturated heterocycles. The van der Waals surface area contributed by atoms with Crippen molar-refractivity contribution in [3.05, 3.63) is 11.6 Å². The molecule has 130 valence electrons. The number of carbonyl (C=O) groups is 2. The second-order valence-corrected chi connectivity index (χ2v) is 8.01. The van der Waals surface area contributed by atoms with Crippen molar-refractivity contribution >= 4 is 11.8 Å². The lowest BCUT2D eigenvalue weighted by molar-refractivity contribution is -0.141. The molecule has 1 saturated carbocycles. The fraction of sp³-hybridized carbons (Fsp3) is 0.778. The zero-order valence-electron chi connectivity index (χ0n) is 15.4. The van der Waals surface area contributed by atoms with Crippen LogP contribution in [0.4, 0.5) is 0 Å². The molecule has 0 aromatic carbocycles. The Morgan fingerprint density at radius 2 is 1.61 bits per heavy atom. The molecule has 1 aliphatic heterocycles. The zero-order chi connectivity index (χ0) is 17.4. The van der Waals surface area contributed by atoms with E-state index in [0.29, 0.717) is 38.6 Å². The van der Waals surface area contributed by atoms with Gasteiger partial charge in [-0.1, -0.05) is 25.5 Å². The number of piperazine rings is 1. The number of allylic oxidation sites excluding steroid dienone is 2. The van der Waals surface area contributed by atoms with E-state index in [1.165, 1.54) is 5.57 Å². The summed E-state index contributed by atoms with van der Waals surface area (Å²) in [7, 11) is 3.80. The molecule has 0 radical (unpaired) electrons. The van der Waals surface area contributed by atoms with Crippen LogP contribution >= 0.6 is 0 Å². The summed E-state index contributed by atoms with van der Waals surface area (Å²) >= 11 is 0.